The summed E-state index contributed by atoms with van der Waals surface area (Å²) in [5.74, 6) is 0. The molecule has 0 spiro atoms. The summed E-state index contributed by atoms with van der Waals surface area (Å²) in [7, 11) is -3.49. The fourth-order valence-electron chi connectivity index (χ4n) is 2.63. The Morgan fingerprint density at radius 3 is 2.57 bits per heavy atom. The molecule has 0 radical (unpaired) electrons. The SMILES string of the molecule is CC(C)NCc1ccc(S(=O)(=O)N2CCCC2(C)C)nc1. The minimum Gasteiger partial charge on any atom is -0.310 e. The van der Waals surface area contributed by atoms with Gasteiger partial charge >= 0.3 is 0 Å². The third-order valence-corrected chi connectivity index (χ3v) is 5.92. The molecule has 1 aromatic rings. The van der Waals surface area contributed by atoms with E-state index >= 15 is 0 Å². The summed E-state index contributed by atoms with van der Waals surface area (Å²) in [5.41, 5.74) is 0.668. The fourth-order valence-corrected chi connectivity index (χ4v) is 4.39. The Hall–Kier alpha value is -0.980. The number of hydrogen-bond donors (Lipinski definition) is 1. The van der Waals surface area contributed by atoms with E-state index in [1.165, 1.54) is 0 Å². The molecule has 0 atom stereocenters. The maximum absolute atomic E-state index is 12.7. The average molecular weight is 311 g/mol. The fraction of sp³-hybridized carbons (Fsp3) is 0.667. The minimum absolute atomic E-state index is 0.144. The predicted octanol–water partition coefficient (Wildman–Crippen LogP) is 2.14. The Morgan fingerprint density at radius 1 is 1.38 bits per heavy atom. The van der Waals surface area contributed by atoms with Crippen LogP contribution in [0, 0.1) is 0 Å². The first-order chi connectivity index (χ1) is 9.73. The summed E-state index contributed by atoms with van der Waals surface area (Å²) in [6.07, 6.45) is 3.44. The predicted molar refractivity (Wildman–Crippen MR) is 83.4 cm³/mol. The smallest absolute Gasteiger partial charge is 0.261 e. The molecule has 0 unspecified atom stereocenters. The average Bonchev–Trinajstić information content (AvgIpc) is 2.77. The molecular formula is C15H25N3O2S. The molecule has 1 N–H and O–H groups in total. The van der Waals surface area contributed by atoms with Crippen molar-refractivity contribution >= 4 is 10.0 Å². The molecule has 1 saturated heterocycles. The molecule has 5 nitrogen and oxygen atoms in total. The molecule has 0 saturated carbocycles. The van der Waals surface area contributed by atoms with Crippen LogP contribution in [-0.2, 0) is 16.6 Å². The molecule has 118 valence electrons. The van der Waals surface area contributed by atoms with Crippen molar-refractivity contribution in [3.8, 4) is 0 Å². The van der Waals surface area contributed by atoms with Crippen molar-refractivity contribution < 1.29 is 8.42 Å². The number of nitrogens with one attached hydrogen (secondary N) is 1. The molecule has 0 aromatic carbocycles. The highest BCUT2D eigenvalue weighted by Gasteiger charge is 2.41. The van der Waals surface area contributed by atoms with Gasteiger partial charge in [0.1, 0.15) is 0 Å². The zero-order valence-corrected chi connectivity index (χ0v) is 14.1. The second-order valence-corrected chi connectivity index (χ2v) is 8.34. The second kappa shape index (κ2) is 6.02. The van der Waals surface area contributed by atoms with E-state index in [1.54, 1.807) is 16.6 Å². The van der Waals surface area contributed by atoms with Gasteiger partial charge in [-0.15, -0.1) is 0 Å². The minimum atomic E-state index is -3.49. The monoisotopic (exact) mass is 311 g/mol. The Labute approximate surface area is 127 Å². The van der Waals surface area contributed by atoms with E-state index in [-0.39, 0.29) is 10.6 Å². The first-order valence-corrected chi connectivity index (χ1v) is 8.89. The van der Waals surface area contributed by atoms with Gasteiger partial charge in [-0.3, -0.25) is 0 Å². The van der Waals surface area contributed by atoms with Gasteiger partial charge in [0.15, 0.2) is 5.03 Å². The van der Waals surface area contributed by atoms with Crippen LogP contribution in [0.25, 0.3) is 0 Å². The van der Waals surface area contributed by atoms with Crippen LogP contribution in [0.3, 0.4) is 0 Å². The van der Waals surface area contributed by atoms with E-state index in [2.05, 4.69) is 24.1 Å². The molecule has 0 amide bonds. The van der Waals surface area contributed by atoms with Gasteiger partial charge in [0.2, 0.25) is 0 Å². The van der Waals surface area contributed by atoms with Crippen molar-refractivity contribution in [3.63, 3.8) is 0 Å². The van der Waals surface area contributed by atoms with Gasteiger partial charge in [-0.1, -0.05) is 19.9 Å². The number of hydrogen-bond acceptors (Lipinski definition) is 4. The molecule has 2 rings (SSSR count). The molecule has 1 fully saturated rings. The van der Waals surface area contributed by atoms with E-state index in [0.29, 0.717) is 19.1 Å². The quantitative estimate of drug-likeness (QED) is 0.905. The van der Waals surface area contributed by atoms with Gasteiger partial charge in [-0.2, -0.15) is 4.31 Å². The van der Waals surface area contributed by atoms with Crippen LogP contribution in [0.15, 0.2) is 23.4 Å². The van der Waals surface area contributed by atoms with E-state index in [9.17, 15) is 8.42 Å². The highest BCUT2D eigenvalue weighted by Crippen LogP contribution is 2.33. The van der Waals surface area contributed by atoms with Crippen LogP contribution in [0.5, 0.6) is 0 Å². The molecule has 1 aliphatic rings. The van der Waals surface area contributed by atoms with Crippen molar-refractivity contribution in [2.24, 2.45) is 0 Å². The standard InChI is InChI=1S/C15H25N3O2S/c1-12(2)16-10-13-6-7-14(17-11-13)21(19,20)18-9-5-8-15(18,3)4/h6-7,11-12,16H,5,8-10H2,1-4H3. The van der Waals surface area contributed by atoms with E-state index in [1.807, 2.05) is 19.9 Å². The Balaban J connectivity index is 2.18. The van der Waals surface area contributed by atoms with Crippen LogP contribution in [0.2, 0.25) is 0 Å². The summed E-state index contributed by atoms with van der Waals surface area (Å²) in [6, 6.07) is 3.83. The number of sulfonamides is 1. The third-order valence-electron chi connectivity index (χ3n) is 3.89. The molecule has 1 aliphatic heterocycles. The zero-order valence-electron chi connectivity index (χ0n) is 13.3. The highest BCUT2D eigenvalue weighted by atomic mass is 32.2. The van der Waals surface area contributed by atoms with Crippen molar-refractivity contribution in [2.45, 2.75) is 63.7 Å². The van der Waals surface area contributed by atoms with Crippen molar-refractivity contribution in [1.82, 2.24) is 14.6 Å². The highest BCUT2D eigenvalue weighted by molar-refractivity contribution is 7.89. The van der Waals surface area contributed by atoms with Crippen molar-refractivity contribution in [2.75, 3.05) is 6.54 Å². The van der Waals surface area contributed by atoms with E-state index in [0.717, 1.165) is 18.4 Å². The number of rotatable bonds is 5. The van der Waals surface area contributed by atoms with E-state index in [4.69, 9.17) is 0 Å². The van der Waals surface area contributed by atoms with Gasteiger partial charge in [0.25, 0.3) is 10.0 Å². The van der Waals surface area contributed by atoms with Gasteiger partial charge in [0.05, 0.1) is 0 Å². The molecule has 21 heavy (non-hydrogen) atoms. The lowest BCUT2D eigenvalue weighted by Gasteiger charge is -2.30. The van der Waals surface area contributed by atoms with Gasteiger partial charge in [-0.05, 0) is 38.3 Å². The molecule has 0 bridgehead atoms. The lowest BCUT2D eigenvalue weighted by atomic mass is 10.0. The number of nitrogens with zero attached hydrogens (tertiary/aromatic N) is 2. The molecule has 2 heterocycles. The zero-order chi connectivity index (χ0) is 15.7. The molecule has 1 aromatic heterocycles. The summed E-state index contributed by atoms with van der Waals surface area (Å²) in [4.78, 5) is 4.17. The lowest BCUT2D eigenvalue weighted by Crippen LogP contribution is -2.42. The van der Waals surface area contributed by atoms with Crippen LogP contribution in [-0.4, -0.2) is 35.8 Å². The van der Waals surface area contributed by atoms with Crippen molar-refractivity contribution in [1.29, 1.82) is 0 Å². The first-order valence-electron chi connectivity index (χ1n) is 7.45. The molecular weight excluding hydrogens is 286 g/mol. The van der Waals surface area contributed by atoms with Gasteiger partial charge < -0.3 is 5.32 Å². The number of aromatic nitrogens is 1. The van der Waals surface area contributed by atoms with Crippen molar-refractivity contribution in [3.05, 3.63) is 23.9 Å². The largest absolute Gasteiger partial charge is 0.310 e. The van der Waals surface area contributed by atoms with Crippen LogP contribution >= 0.6 is 0 Å². The van der Waals surface area contributed by atoms with Crippen LogP contribution in [0.1, 0.15) is 46.1 Å². The maximum Gasteiger partial charge on any atom is 0.261 e. The van der Waals surface area contributed by atoms with Crippen LogP contribution < -0.4 is 5.32 Å². The normalized spacial score (nSPS) is 19.3. The van der Waals surface area contributed by atoms with Gasteiger partial charge in [-0.25, -0.2) is 13.4 Å². The Bertz CT molecular complexity index is 579. The van der Waals surface area contributed by atoms with Gasteiger partial charge in [0, 0.05) is 30.9 Å². The molecule has 6 heteroatoms. The Morgan fingerprint density at radius 2 is 2.10 bits per heavy atom. The maximum atomic E-state index is 12.7. The number of pyridine rings is 1. The summed E-state index contributed by atoms with van der Waals surface area (Å²) < 4.78 is 26.9. The topological polar surface area (TPSA) is 62.3 Å². The van der Waals surface area contributed by atoms with E-state index < -0.39 is 10.0 Å². The lowest BCUT2D eigenvalue weighted by molar-refractivity contribution is 0.291. The Kier molecular flexibility index (Phi) is 4.70. The third kappa shape index (κ3) is 3.62. The second-order valence-electron chi connectivity index (χ2n) is 6.53. The molecule has 0 aliphatic carbocycles. The van der Waals surface area contributed by atoms with Crippen LogP contribution in [0.4, 0.5) is 0 Å². The first kappa shape index (κ1) is 16.4. The summed E-state index contributed by atoms with van der Waals surface area (Å²) in [5, 5.41) is 3.43. The summed E-state index contributed by atoms with van der Waals surface area (Å²) in [6.45, 7) is 9.36. The summed E-state index contributed by atoms with van der Waals surface area (Å²) >= 11 is 0.